The maximum atomic E-state index is 6.05. The average molecular weight is 340 g/mol. The molecule has 0 heterocycles. The maximum Gasteiger partial charge on any atom is 0.0629 e. The molecule has 1 unspecified atom stereocenters. The van der Waals surface area contributed by atoms with Crippen molar-refractivity contribution >= 4 is 10.8 Å². The first-order valence-electron chi connectivity index (χ1n) is 9.30. The lowest BCUT2D eigenvalue weighted by atomic mass is 9.96. The van der Waals surface area contributed by atoms with E-state index in [0.29, 0.717) is 18.6 Å². The van der Waals surface area contributed by atoms with Crippen LogP contribution in [0, 0.1) is 5.92 Å². The van der Waals surface area contributed by atoms with Gasteiger partial charge in [-0.05, 0) is 55.5 Å². The van der Waals surface area contributed by atoms with Gasteiger partial charge in [-0.3, -0.25) is 0 Å². The van der Waals surface area contributed by atoms with Gasteiger partial charge in [-0.1, -0.05) is 56.3 Å². The summed E-state index contributed by atoms with van der Waals surface area (Å²) < 4.78 is 6.05. The van der Waals surface area contributed by atoms with Gasteiger partial charge in [0.05, 0.1) is 12.2 Å². The zero-order valence-corrected chi connectivity index (χ0v) is 16.4. The van der Waals surface area contributed by atoms with Crippen molar-refractivity contribution in [1.29, 1.82) is 0 Å². The number of rotatable bonds is 8. The van der Waals surface area contributed by atoms with Gasteiger partial charge in [0.15, 0.2) is 0 Å². The van der Waals surface area contributed by atoms with Crippen LogP contribution in [0.3, 0.4) is 0 Å². The third kappa shape index (κ3) is 5.98. The molecule has 0 aliphatic rings. The number of hydrogen-bond acceptors (Lipinski definition) is 2. The highest BCUT2D eigenvalue weighted by Crippen LogP contribution is 2.24. The van der Waals surface area contributed by atoms with Crippen LogP contribution in [-0.4, -0.2) is 18.2 Å². The topological polar surface area (TPSA) is 21.3 Å². The summed E-state index contributed by atoms with van der Waals surface area (Å²) in [6.07, 6.45) is 2.89. The minimum atomic E-state index is -0.119. The summed E-state index contributed by atoms with van der Waals surface area (Å²) in [5.74, 6) is 0.495. The van der Waals surface area contributed by atoms with Crippen molar-refractivity contribution in [3.8, 4) is 0 Å². The van der Waals surface area contributed by atoms with Crippen molar-refractivity contribution in [1.82, 2.24) is 5.32 Å². The molecule has 0 aliphatic carbocycles. The van der Waals surface area contributed by atoms with Crippen molar-refractivity contribution in [2.45, 2.75) is 58.7 Å². The van der Waals surface area contributed by atoms with Crippen LogP contribution in [0.4, 0.5) is 0 Å². The molecular weight excluding hydrogens is 306 g/mol. The molecule has 0 bridgehead atoms. The summed E-state index contributed by atoms with van der Waals surface area (Å²) in [6.45, 7) is 15.5. The standard InChI is InChI=1S/C23H33NO/c1-7-10-21(24-22(17(2)3)16-25-23(4,5)6)20-14-13-18-11-8-9-12-19(18)15-20/h7-9,11-15,17,21-22,24H,1,10,16H2,2-6H3/t21-,22?/m0/s1. The summed E-state index contributed by atoms with van der Waals surface area (Å²) in [5.41, 5.74) is 1.19. The second-order valence-corrected chi connectivity index (χ2v) is 8.12. The Hall–Kier alpha value is -1.64. The van der Waals surface area contributed by atoms with Crippen molar-refractivity contribution in [2.24, 2.45) is 5.92 Å². The molecule has 2 rings (SSSR count). The molecule has 0 fully saturated rings. The van der Waals surface area contributed by atoms with Gasteiger partial charge in [-0.25, -0.2) is 0 Å². The van der Waals surface area contributed by atoms with E-state index in [0.717, 1.165) is 6.42 Å². The normalized spacial score (nSPS) is 14.6. The lowest BCUT2D eigenvalue weighted by Gasteiger charge is -2.31. The molecule has 0 radical (unpaired) electrons. The van der Waals surface area contributed by atoms with Crippen molar-refractivity contribution in [3.63, 3.8) is 0 Å². The Morgan fingerprint density at radius 3 is 2.36 bits per heavy atom. The molecule has 0 aromatic heterocycles. The molecule has 0 aliphatic heterocycles. The van der Waals surface area contributed by atoms with Crippen molar-refractivity contribution < 1.29 is 4.74 Å². The number of ether oxygens (including phenoxy) is 1. The maximum absolute atomic E-state index is 6.05. The van der Waals surface area contributed by atoms with Crippen LogP contribution in [0.1, 0.15) is 52.6 Å². The van der Waals surface area contributed by atoms with E-state index in [1.54, 1.807) is 0 Å². The third-order valence-electron chi connectivity index (χ3n) is 4.49. The first-order valence-corrected chi connectivity index (χ1v) is 9.30. The highest BCUT2D eigenvalue weighted by atomic mass is 16.5. The predicted octanol–water partition coefficient (Wildman–Crippen LogP) is 5.89. The van der Waals surface area contributed by atoms with E-state index in [1.807, 2.05) is 6.08 Å². The molecule has 0 spiro atoms. The van der Waals surface area contributed by atoms with E-state index in [9.17, 15) is 0 Å². The lowest BCUT2D eigenvalue weighted by molar-refractivity contribution is -0.0218. The predicted molar refractivity (Wildman–Crippen MR) is 109 cm³/mol. The molecule has 0 saturated carbocycles. The number of hydrogen-bond donors (Lipinski definition) is 1. The molecular formula is C23H33NO. The van der Waals surface area contributed by atoms with Crippen LogP contribution in [0.25, 0.3) is 10.8 Å². The minimum absolute atomic E-state index is 0.119. The van der Waals surface area contributed by atoms with E-state index >= 15 is 0 Å². The summed E-state index contributed by atoms with van der Waals surface area (Å²) in [7, 11) is 0. The van der Waals surface area contributed by atoms with Crippen LogP contribution >= 0.6 is 0 Å². The fraction of sp³-hybridized carbons (Fsp3) is 0.478. The molecule has 25 heavy (non-hydrogen) atoms. The molecule has 2 nitrogen and oxygen atoms in total. The van der Waals surface area contributed by atoms with Crippen LogP contribution in [0.5, 0.6) is 0 Å². The van der Waals surface area contributed by atoms with Gasteiger partial charge in [0.2, 0.25) is 0 Å². The van der Waals surface area contributed by atoms with E-state index in [2.05, 4.69) is 89.0 Å². The number of nitrogens with one attached hydrogen (secondary N) is 1. The minimum Gasteiger partial charge on any atom is -0.374 e. The lowest BCUT2D eigenvalue weighted by Crippen LogP contribution is -2.42. The van der Waals surface area contributed by atoms with Gasteiger partial charge >= 0.3 is 0 Å². The van der Waals surface area contributed by atoms with E-state index in [-0.39, 0.29) is 11.6 Å². The Morgan fingerprint density at radius 2 is 1.76 bits per heavy atom. The molecule has 2 aromatic rings. The zero-order valence-electron chi connectivity index (χ0n) is 16.4. The quantitative estimate of drug-likeness (QED) is 0.606. The molecule has 136 valence electrons. The molecule has 2 heteroatoms. The first-order chi connectivity index (χ1) is 11.8. The van der Waals surface area contributed by atoms with Gasteiger partial charge in [-0.15, -0.1) is 6.58 Å². The summed E-state index contributed by atoms with van der Waals surface area (Å²) in [4.78, 5) is 0. The number of fused-ring (bicyclic) bond motifs is 1. The first kappa shape index (κ1) is 19.7. The Kier molecular flexibility index (Phi) is 6.80. The van der Waals surface area contributed by atoms with Gasteiger partial charge in [-0.2, -0.15) is 0 Å². The summed E-state index contributed by atoms with van der Waals surface area (Å²) in [6, 6.07) is 15.8. The van der Waals surface area contributed by atoms with Gasteiger partial charge in [0, 0.05) is 12.1 Å². The Bertz CT molecular complexity index is 684. The fourth-order valence-corrected chi connectivity index (χ4v) is 2.92. The Morgan fingerprint density at radius 1 is 1.08 bits per heavy atom. The zero-order chi connectivity index (χ0) is 18.4. The largest absolute Gasteiger partial charge is 0.374 e. The highest BCUT2D eigenvalue weighted by molar-refractivity contribution is 5.83. The summed E-state index contributed by atoms with van der Waals surface area (Å²) in [5, 5.41) is 6.37. The molecule has 2 atom stereocenters. The second kappa shape index (κ2) is 8.64. The van der Waals surface area contributed by atoms with E-state index < -0.39 is 0 Å². The molecule has 2 aromatic carbocycles. The van der Waals surface area contributed by atoms with Crippen molar-refractivity contribution in [3.05, 3.63) is 60.7 Å². The van der Waals surface area contributed by atoms with Crippen LogP contribution in [0.15, 0.2) is 55.1 Å². The van der Waals surface area contributed by atoms with Gasteiger partial charge in [0.1, 0.15) is 0 Å². The van der Waals surface area contributed by atoms with E-state index in [1.165, 1.54) is 16.3 Å². The average Bonchev–Trinajstić information content (AvgIpc) is 2.56. The third-order valence-corrected chi connectivity index (χ3v) is 4.49. The van der Waals surface area contributed by atoms with Gasteiger partial charge < -0.3 is 10.1 Å². The SMILES string of the molecule is C=CC[C@H](NC(COC(C)(C)C)C(C)C)c1ccc2ccccc2c1. The van der Waals surface area contributed by atoms with Crippen LogP contribution in [0.2, 0.25) is 0 Å². The Labute approximate surface area is 153 Å². The Balaban J connectivity index is 2.20. The number of benzene rings is 2. The molecule has 0 saturated heterocycles. The van der Waals surface area contributed by atoms with Gasteiger partial charge in [0.25, 0.3) is 0 Å². The highest BCUT2D eigenvalue weighted by Gasteiger charge is 2.22. The molecule has 0 amide bonds. The monoisotopic (exact) mass is 339 g/mol. The van der Waals surface area contributed by atoms with Crippen molar-refractivity contribution in [2.75, 3.05) is 6.61 Å². The smallest absolute Gasteiger partial charge is 0.0629 e. The van der Waals surface area contributed by atoms with Crippen LogP contribution in [-0.2, 0) is 4.74 Å². The van der Waals surface area contributed by atoms with Crippen LogP contribution < -0.4 is 5.32 Å². The van der Waals surface area contributed by atoms with E-state index in [4.69, 9.17) is 4.74 Å². The molecule has 1 N–H and O–H groups in total. The fourth-order valence-electron chi connectivity index (χ4n) is 2.92. The summed E-state index contributed by atoms with van der Waals surface area (Å²) >= 11 is 0. The second-order valence-electron chi connectivity index (χ2n) is 8.12.